The van der Waals surface area contributed by atoms with Crippen LogP contribution in [0.5, 0.6) is 0 Å². The summed E-state index contributed by atoms with van der Waals surface area (Å²) in [6.45, 7) is 1.60. The molecule has 0 aliphatic heterocycles. The number of aryl methyl sites for hydroxylation is 2. The molecule has 0 saturated carbocycles. The summed E-state index contributed by atoms with van der Waals surface area (Å²) >= 11 is 0. The molecule has 90 valence electrons. The number of hydrogen-bond acceptors (Lipinski definition) is 1. The van der Waals surface area contributed by atoms with Crippen LogP contribution in [0.15, 0.2) is 18.2 Å². The molecule has 1 heterocycles. The molecule has 0 saturated heterocycles. The minimum Gasteiger partial charge on any atom is -0.341 e. The number of rotatable bonds is 1. The van der Waals surface area contributed by atoms with Crippen molar-refractivity contribution in [3.8, 4) is 0 Å². The topological polar surface area (TPSA) is 22.0 Å². The van der Waals surface area contributed by atoms with Crippen molar-refractivity contribution in [2.24, 2.45) is 7.05 Å². The van der Waals surface area contributed by atoms with Crippen molar-refractivity contribution in [2.75, 3.05) is 0 Å². The summed E-state index contributed by atoms with van der Waals surface area (Å²) in [6, 6.07) is 3.75. The number of carbonyl (C=O) groups is 1. The third-order valence-electron chi connectivity index (χ3n) is 2.85. The van der Waals surface area contributed by atoms with Crippen LogP contribution in [0.3, 0.4) is 0 Å². The van der Waals surface area contributed by atoms with Gasteiger partial charge in [-0.25, -0.2) is 0 Å². The van der Waals surface area contributed by atoms with Gasteiger partial charge in [-0.05, 0) is 30.7 Å². The molecule has 0 radical (unpaired) electrons. The lowest BCUT2D eigenvalue weighted by atomic mass is 10.1. The summed E-state index contributed by atoms with van der Waals surface area (Å²) < 4.78 is 39.4. The predicted octanol–water partition coefficient (Wildman–Crippen LogP) is 3.32. The number of halogens is 3. The minimum absolute atomic E-state index is 0.363. The molecule has 0 amide bonds. The maximum Gasteiger partial charge on any atom is 0.416 e. The summed E-state index contributed by atoms with van der Waals surface area (Å²) in [6.07, 6.45) is -3.74. The van der Waals surface area contributed by atoms with E-state index in [1.807, 2.05) is 0 Å². The maximum atomic E-state index is 12.6. The van der Waals surface area contributed by atoms with Crippen molar-refractivity contribution in [1.82, 2.24) is 4.57 Å². The second-order valence-electron chi connectivity index (χ2n) is 3.97. The van der Waals surface area contributed by atoms with E-state index in [0.717, 1.165) is 12.1 Å². The SMILES string of the molecule is Cc1cc(C(F)(F)F)cc2c1cc(C=O)n2C. The van der Waals surface area contributed by atoms with Crippen LogP contribution in [0, 0.1) is 6.92 Å². The number of nitrogens with zero attached hydrogens (tertiary/aromatic N) is 1. The molecule has 1 aromatic heterocycles. The van der Waals surface area contributed by atoms with Crippen molar-refractivity contribution in [3.63, 3.8) is 0 Å². The van der Waals surface area contributed by atoms with Gasteiger partial charge >= 0.3 is 6.18 Å². The zero-order valence-electron chi connectivity index (χ0n) is 9.30. The monoisotopic (exact) mass is 241 g/mol. The van der Waals surface area contributed by atoms with Gasteiger partial charge < -0.3 is 4.57 Å². The second kappa shape index (κ2) is 3.61. The lowest BCUT2D eigenvalue weighted by molar-refractivity contribution is -0.137. The van der Waals surface area contributed by atoms with Gasteiger partial charge in [-0.15, -0.1) is 0 Å². The first-order valence-electron chi connectivity index (χ1n) is 4.97. The predicted molar refractivity (Wildman–Crippen MR) is 58.0 cm³/mol. The molecule has 0 atom stereocenters. The lowest BCUT2D eigenvalue weighted by Crippen LogP contribution is -2.05. The Kier molecular flexibility index (Phi) is 2.49. The van der Waals surface area contributed by atoms with E-state index in [2.05, 4.69) is 0 Å². The van der Waals surface area contributed by atoms with Crippen molar-refractivity contribution in [2.45, 2.75) is 13.1 Å². The Labute approximate surface area is 95.7 Å². The first-order valence-corrected chi connectivity index (χ1v) is 4.97. The molecule has 5 heteroatoms. The highest BCUT2D eigenvalue weighted by Crippen LogP contribution is 2.33. The fraction of sp³-hybridized carbons (Fsp3) is 0.250. The molecule has 0 aliphatic rings. The molecule has 1 aromatic carbocycles. The number of alkyl halides is 3. The van der Waals surface area contributed by atoms with Gasteiger partial charge in [0.05, 0.1) is 11.3 Å². The molecule has 17 heavy (non-hydrogen) atoms. The number of fused-ring (bicyclic) bond motifs is 1. The van der Waals surface area contributed by atoms with Crippen LogP contribution in [0.4, 0.5) is 13.2 Å². The molecule has 0 unspecified atom stereocenters. The van der Waals surface area contributed by atoms with Crippen LogP contribution < -0.4 is 0 Å². The van der Waals surface area contributed by atoms with Gasteiger partial charge in [-0.3, -0.25) is 4.79 Å². The molecular formula is C12H10F3NO. The van der Waals surface area contributed by atoms with E-state index in [9.17, 15) is 18.0 Å². The number of hydrogen-bond donors (Lipinski definition) is 0. The lowest BCUT2D eigenvalue weighted by Gasteiger charge is -2.09. The Hall–Kier alpha value is -1.78. The van der Waals surface area contributed by atoms with Crippen LogP contribution in [0.2, 0.25) is 0 Å². The van der Waals surface area contributed by atoms with E-state index in [4.69, 9.17) is 0 Å². The van der Waals surface area contributed by atoms with Gasteiger partial charge in [-0.2, -0.15) is 13.2 Å². The normalized spacial score (nSPS) is 12.1. The van der Waals surface area contributed by atoms with E-state index in [-0.39, 0.29) is 0 Å². The average molecular weight is 241 g/mol. The molecular weight excluding hydrogens is 231 g/mol. The van der Waals surface area contributed by atoms with Gasteiger partial charge in [0.15, 0.2) is 6.29 Å². The molecule has 0 N–H and O–H groups in total. The summed E-state index contributed by atoms with van der Waals surface area (Å²) in [5.41, 5.74) is 0.599. The summed E-state index contributed by atoms with van der Waals surface area (Å²) in [5, 5.41) is 0.669. The fourth-order valence-corrected chi connectivity index (χ4v) is 1.91. The molecule has 0 aliphatic carbocycles. The minimum atomic E-state index is -4.37. The van der Waals surface area contributed by atoms with Crippen molar-refractivity contribution < 1.29 is 18.0 Å². The van der Waals surface area contributed by atoms with Gasteiger partial charge in [0.25, 0.3) is 0 Å². The standard InChI is InChI=1S/C12H10F3NO/c1-7-3-8(12(13,14)15)4-11-10(7)5-9(6-17)16(11)2/h3-6H,1-2H3. The number of aldehydes is 1. The highest BCUT2D eigenvalue weighted by Gasteiger charge is 2.31. The van der Waals surface area contributed by atoms with E-state index >= 15 is 0 Å². The first-order chi connectivity index (χ1) is 7.84. The quantitative estimate of drug-likeness (QED) is 0.702. The Morgan fingerprint density at radius 1 is 1.24 bits per heavy atom. The van der Waals surface area contributed by atoms with Gasteiger partial charge in [0.2, 0.25) is 0 Å². The van der Waals surface area contributed by atoms with E-state index in [0.29, 0.717) is 28.4 Å². The number of aromatic nitrogens is 1. The molecule has 2 aromatic rings. The van der Waals surface area contributed by atoms with Gasteiger partial charge in [-0.1, -0.05) is 0 Å². The second-order valence-corrected chi connectivity index (χ2v) is 3.97. The largest absolute Gasteiger partial charge is 0.416 e. The number of benzene rings is 1. The Morgan fingerprint density at radius 2 is 1.88 bits per heavy atom. The highest BCUT2D eigenvalue weighted by atomic mass is 19.4. The van der Waals surface area contributed by atoms with Crippen LogP contribution in [0.1, 0.15) is 21.6 Å². The summed E-state index contributed by atoms with van der Waals surface area (Å²) in [5.74, 6) is 0. The highest BCUT2D eigenvalue weighted by molar-refractivity contribution is 5.91. The molecule has 2 rings (SSSR count). The summed E-state index contributed by atoms with van der Waals surface area (Å²) in [7, 11) is 1.58. The van der Waals surface area contributed by atoms with Crippen LogP contribution >= 0.6 is 0 Å². The molecule has 2 nitrogen and oxygen atoms in total. The summed E-state index contributed by atoms with van der Waals surface area (Å²) in [4.78, 5) is 10.7. The van der Waals surface area contributed by atoms with Crippen LogP contribution in [-0.4, -0.2) is 10.9 Å². The van der Waals surface area contributed by atoms with Crippen molar-refractivity contribution in [3.05, 3.63) is 35.0 Å². The van der Waals surface area contributed by atoms with Crippen LogP contribution in [0.25, 0.3) is 10.9 Å². The van der Waals surface area contributed by atoms with E-state index in [1.165, 1.54) is 4.57 Å². The first kappa shape index (κ1) is 11.7. The molecule has 0 bridgehead atoms. The average Bonchev–Trinajstić information content (AvgIpc) is 2.55. The van der Waals surface area contributed by atoms with Crippen molar-refractivity contribution in [1.29, 1.82) is 0 Å². The zero-order valence-corrected chi connectivity index (χ0v) is 9.30. The molecule has 0 spiro atoms. The Balaban J connectivity index is 2.81. The third kappa shape index (κ3) is 1.81. The van der Waals surface area contributed by atoms with Gasteiger partial charge in [0.1, 0.15) is 0 Å². The van der Waals surface area contributed by atoms with Crippen molar-refractivity contribution >= 4 is 17.2 Å². The zero-order chi connectivity index (χ0) is 12.8. The Bertz CT molecular complexity index is 596. The molecule has 0 fully saturated rings. The van der Waals surface area contributed by atoms with E-state index < -0.39 is 11.7 Å². The number of carbonyl (C=O) groups excluding carboxylic acids is 1. The maximum absolute atomic E-state index is 12.6. The smallest absolute Gasteiger partial charge is 0.341 e. The van der Waals surface area contributed by atoms with E-state index in [1.54, 1.807) is 20.0 Å². The van der Waals surface area contributed by atoms with Crippen LogP contribution in [-0.2, 0) is 13.2 Å². The van der Waals surface area contributed by atoms with Gasteiger partial charge in [0, 0.05) is 18.0 Å². The fourth-order valence-electron chi connectivity index (χ4n) is 1.91. The third-order valence-corrected chi connectivity index (χ3v) is 2.85. The Morgan fingerprint density at radius 3 is 2.41 bits per heavy atom.